The maximum Gasteiger partial charge on any atom is 0.127 e. The van der Waals surface area contributed by atoms with Crippen LogP contribution in [0.5, 0.6) is 0 Å². The predicted molar refractivity (Wildman–Crippen MR) is 69.7 cm³/mol. The van der Waals surface area contributed by atoms with Crippen molar-refractivity contribution in [1.29, 1.82) is 5.26 Å². The highest BCUT2D eigenvalue weighted by Gasteiger charge is 2.02. The first kappa shape index (κ1) is 11.6. The van der Waals surface area contributed by atoms with Crippen LogP contribution in [0.25, 0.3) is 5.69 Å². The van der Waals surface area contributed by atoms with Crippen molar-refractivity contribution in [3.63, 3.8) is 0 Å². The van der Waals surface area contributed by atoms with Gasteiger partial charge in [-0.2, -0.15) is 5.26 Å². The van der Waals surface area contributed by atoms with Crippen LogP contribution in [0.15, 0.2) is 30.3 Å². The molecular formula is C13H13N3S. The maximum atomic E-state index is 8.87. The lowest BCUT2D eigenvalue weighted by molar-refractivity contribution is 0.802. The minimum Gasteiger partial charge on any atom is -0.297 e. The van der Waals surface area contributed by atoms with E-state index in [1.165, 1.54) is 0 Å². The molecule has 0 saturated carbocycles. The van der Waals surface area contributed by atoms with Gasteiger partial charge in [0.2, 0.25) is 0 Å². The van der Waals surface area contributed by atoms with Crippen molar-refractivity contribution in [3.8, 4) is 11.8 Å². The van der Waals surface area contributed by atoms with E-state index in [1.807, 2.05) is 28.9 Å². The molecule has 0 fully saturated rings. The number of benzene rings is 1. The molecule has 86 valence electrons. The number of H-pyrrole nitrogens is 1. The summed E-state index contributed by atoms with van der Waals surface area (Å²) in [5.74, 6) is 0. The molecule has 1 aromatic heterocycles. The van der Waals surface area contributed by atoms with Gasteiger partial charge in [0.1, 0.15) is 4.64 Å². The van der Waals surface area contributed by atoms with E-state index in [0.717, 1.165) is 28.9 Å². The van der Waals surface area contributed by atoms with Crippen molar-refractivity contribution in [3.05, 3.63) is 46.2 Å². The second kappa shape index (κ2) is 4.98. The fraction of sp³-hybridized carbons (Fsp3) is 0.231. The summed E-state index contributed by atoms with van der Waals surface area (Å²) >= 11 is 5.30. The van der Waals surface area contributed by atoms with Gasteiger partial charge in [-0.25, -0.2) is 4.68 Å². The molecule has 1 heterocycles. The van der Waals surface area contributed by atoms with Gasteiger partial charge in [-0.15, -0.1) is 0 Å². The van der Waals surface area contributed by atoms with Gasteiger partial charge in [0, 0.05) is 5.69 Å². The lowest BCUT2D eigenvalue weighted by Crippen LogP contribution is -1.97. The van der Waals surface area contributed by atoms with Crippen molar-refractivity contribution >= 4 is 12.2 Å². The lowest BCUT2D eigenvalue weighted by atomic mass is 10.2. The molecule has 17 heavy (non-hydrogen) atoms. The van der Waals surface area contributed by atoms with Gasteiger partial charge in [-0.05, 0) is 30.7 Å². The molecule has 1 N–H and O–H groups in total. The summed E-state index contributed by atoms with van der Waals surface area (Å²) in [7, 11) is 0. The van der Waals surface area contributed by atoms with Crippen molar-refractivity contribution < 1.29 is 0 Å². The minimum atomic E-state index is 0.635. The van der Waals surface area contributed by atoms with Crippen LogP contribution in [-0.2, 0) is 6.42 Å². The first-order chi connectivity index (χ1) is 8.24. The third-order valence-electron chi connectivity index (χ3n) is 2.53. The van der Waals surface area contributed by atoms with Crippen LogP contribution in [0, 0.1) is 16.0 Å². The molecule has 0 aliphatic heterocycles. The number of hydrogen-bond donors (Lipinski definition) is 1. The number of nitrogens with zero attached hydrogens (tertiary/aromatic N) is 2. The number of nitrogens with one attached hydrogen (secondary N) is 1. The van der Waals surface area contributed by atoms with Gasteiger partial charge in [-0.1, -0.05) is 31.6 Å². The highest BCUT2D eigenvalue weighted by atomic mass is 32.1. The predicted octanol–water partition coefficient (Wildman–Crippen LogP) is 3.36. The third-order valence-corrected chi connectivity index (χ3v) is 2.83. The molecule has 0 saturated heterocycles. The van der Waals surface area contributed by atoms with E-state index < -0.39 is 0 Å². The number of hydrogen-bond acceptors (Lipinski definition) is 2. The number of nitriles is 1. The molecule has 0 aliphatic rings. The fourth-order valence-corrected chi connectivity index (χ4v) is 2.04. The highest BCUT2D eigenvalue weighted by Crippen LogP contribution is 2.12. The summed E-state index contributed by atoms with van der Waals surface area (Å²) in [4.78, 5) is 0. The first-order valence-electron chi connectivity index (χ1n) is 5.56. The zero-order valence-corrected chi connectivity index (χ0v) is 10.4. The standard InChI is InChI=1S/C13H13N3S/c1-2-4-11-8-13(17)16(15-11)12-6-3-5-10(7-12)9-14/h3,5-8,15H,2,4H2,1H3. The molecule has 0 radical (unpaired) electrons. The van der Waals surface area contributed by atoms with E-state index in [1.54, 1.807) is 6.07 Å². The summed E-state index contributed by atoms with van der Waals surface area (Å²) in [5.41, 5.74) is 2.66. The van der Waals surface area contributed by atoms with Gasteiger partial charge < -0.3 is 0 Å². The zero-order valence-electron chi connectivity index (χ0n) is 9.60. The van der Waals surface area contributed by atoms with Crippen LogP contribution >= 0.6 is 12.2 Å². The Kier molecular flexibility index (Phi) is 3.40. The van der Waals surface area contributed by atoms with Crippen LogP contribution in [0.4, 0.5) is 0 Å². The summed E-state index contributed by atoms with van der Waals surface area (Å²) in [6.45, 7) is 2.13. The molecule has 0 amide bonds. The first-order valence-corrected chi connectivity index (χ1v) is 5.97. The van der Waals surface area contributed by atoms with Crippen LogP contribution in [0.3, 0.4) is 0 Å². The topological polar surface area (TPSA) is 44.5 Å². The van der Waals surface area contributed by atoms with E-state index in [0.29, 0.717) is 5.56 Å². The fourth-order valence-electron chi connectivity index (χ4n) is 1.75. The number of aromatic nitrogens is 2. The van der Waals surface area contributed by atoms with E-state index in [2.05, 4.69) is 18.1 Å². The van der Waals surface area contributed by atoms with E-state index in [4.69, 9.17) is 17.5 Å². The van der Waals surface area contributed by atoms with Gasteiger partial charge in [0.25, 0.3) is 0 Å². The summed E-state index contributed by atoms with van der Waals surface area (Å²) in [6, 6.07) is 11.5. The molecule has 1 aromatic carbocycles. The van der Waals surface area contributed by atoms with Crippen molar-refractivity contribution in [1.82, 2.24) is 9.78 Å². The van der Waals surface area contributed by atoms with E-state index in [9.17, 15) is 0 Å². The Balaban J connectivity index is 2.46. The van der Waals surface area contributed by atoms with Gasteiger partial charge in [0.05, 0.1) is 17.3 Å². The molecule has 0 aliphatic carbocycles. The number of aryl methyl sites for hydroxylation is 1. The van der Waals surface area contributed by atoms with Gasteiger partial charge >= 0.3 is 0 Å². The number of aromatic amines is 1. The molecule has 2 rings (SSSR count). The van der Waals surface area contributed by atoms with E-state index >= 15 is 0 Å². The molecule has 2 aromatic rings. The Morgan fingerprint density at radius 1 is 1.41 bits per heavy atom. The smallest absolute Gasteiger partial charge is 0.127 e. The lowest BCUT2D eigenvalue weighted by Gasteiger charge is -2.03. The average Bonchev–Trinajstić information content (AvgIpc) is 2.71. The SMILES string of the molecule is CCCc1cc(=S)n(-c2cccc(C#N)c2)[nH]1. The normalized spacial score (nSPS) is 10.1. The molecule has 0 atom stereocenters. The molecule has 0 unspecified atom stereocenters. The Hall–Kier alpha value is -1.86. The third kappa shape index (κ3) is 2.45. The molecule has 0 spiro atoms. The van der Waals surface area contributed by atoms with Crippen LogP contribution < -0.4 is 0 Å². The summed E-state index contributed by atoms with van der Waals surface area (Å²) in [6.07, 6.45) is 2.06. The Bertz CT molecular complexity index is 616. The largest absolute Gasteiger partial charge is 0.297 e. The second-order valence-corrected chi connectivity index (χ2v) is 4.29. The molecule has 4 heteroatoms. The second-order valence-electron chi connectivity index (χ2n) is 3.87. The molecule has 3 nitrogen and oxygen atoms in total. The van der Waals surface area contributed by atoms with Crippen LogP contribution in [0.2, 0.25) is 0 Å². The maximum absolute atomic E-state index is 8.87. The van der Waals surface area contributed by atoms with Crippen molar-refractivity contribution in [2.75, 3.05) is 0 Å². The Labute approximate surface area is 105 Å². The van der Waals surface area contributed by atoms with Gasteiger partial charge in [-0.3, -0.25) is 5.10 Å². The highest BCUT2D eigenvalue weighted by molar-refractivity contribution is 7.71. The number of rotatable bonds is 3. The Morgan fingerprint density at radius 2 is 2.24 bits per heavy atom. The Morgan fingerprint density at radius 3 is 2.94 bits per heavy atom. The van der Waals surface area contributed by atoms with E-state index in [-0.39, 0.29) is 0 Å². The average molecular weight is 243 g/mol. The minimum absolute atomic E-state index is 0.635. The zero-order chi connectivity index (χ0) is 12.3. The van der Waals surface area contributed by atoms with Crippen LogP contribution in [-0.4, -0.2) is 9.78 Å². The summed E-state index contributed by atoms with van der Waals surface area (Å²) in [5, 5.41) is 12.1. The molecular weight excluding hydrogens is 230 g/mol. The molecule has 0 bridgehead atoms. The van der Waals surface area contributed by atoms with Gasteiger partial charge in [0.15, 0.2) is 0 Å². The summed E-state index contributed by atoms with van der Waals surface area (Å²) < 4.78 is 2.57. The van der Waals surface area contributed by atoms with Crippen molar-refractivity contribution in [2.24, 2.45) is 0 Å². The van der Waals surface area contributed by atoms with Crippen LogP contribution in [0.1, 0.15) is 24.6 Å². The monoisotopic (exact) mass is 243 g/mol. The van der Waals surface area contributed by atoms with Crippen molar-refractivity contribution in [2.45, 2.75) is 19.8 Å². The quantitative estimate of drug-likeness (QED) is 0.840.